The summed E-state index contributed by atoms with van der Waals surface area (Å²) in [5.74, 6) is -0.575. The number of carbonyl (C=O) groups excluding carboxylic acids is 2. The van der Waals surface area contributed by atoms with Crippen LogP contribution in [0.5, 0.6) is 0 Å². The van der Waals surface area contributed by atoms with Crippen molar-refractivity contribution in [2.24, 2.45) is 20.6 Å². The van der Waals surface area contributed by atoms with Gasteiger partial charge in [-0.15, -0.1) is 0 Å². The third-order valence-electron chi connectivity index (χ3n) is 2.24. The van der Waals surface area contributed by atoms with E-state index in [0.717, 1.165) is 10.2 Å². The van der Waals surface area contributed by atoms with Crippen LogP contribution in [0.4, 0.5) is 0 Å². The topological polar surface area (TPSA) is 90.1 Å². The van der Waals surface area contributed by atoms with Gasteiger partial charge in [0, 0.05) is 12.4 Å². The molecule has 1 aromatic carbocycles. The highest BCUT2D eigenvalue weighted by atomic mass is 16.2. The van der Waals surface area contributed by atoms with E-state index in [1.807, 2.05) is 36.4 Å². The van der Waals surface area contributed by atoms with Gasteiger partial charge in [0.15, 0.2) is 0 Å². The van der Waals surface area contributed by atoms with Crippen molar-refractivity contribution in [1.29, 1.82) is 0 Å². The maximum Gasteiger partial charge on any atom is 0.271 e. The van der Waals surface area contributed by atoms with Gasteiger partial charge in [-0.2, -0.15) is 10.2 Å². The molecule has 0 N–H and O–H groups in total. The van der Waals surface area contributed by atoms with Gasteiger partial charge >= 0.3 is 0 Å². The first kappa shape index (κ1) is 13.5. The predicted octanol–water partition coefficient (Wildman–Crippen LogP) is 1.39. The first-order valence-corrected chi connectivity index (χ1v) is 5.90. The Balaban J connectivity index is 0.000000205. The van der Waals surface area contributed by atoms with Gasteiger partial charge in [0.05, 0.1) is 12.8 Å². The van der Waals surface area contributed by atoms with Crippen molar-refractivity contribution in [1.82, 2.24) is 10.2 Å². The van der Waals surface area contributed by atoms with E-state index in [0.29, 0.717) is 0 Å². The molecule has 1 aromatic rings. The fourth-order valence-electron chi connectivity index (χ4n) is 1.29. The minimum atomic E-state index is -0.288. The van der Waals surface area contributed by atoms with Gasteiger partial charge in [-0.3, -0.25) is 9.59 Å². The second-order valence-corrected chi connectivity index (χ2v) is 3.70. The van der Waals surface area contributed by atoms with Crippen molar-refractivity contribution >= 4 is 24.2 Å². The number of nitrogens with zero attached hydrogens (tertiary/aromatic N) is 6. The molecule has 2 aliphatic heterocycles. The van der Waals surface area contributed by atoms with Crippen molar-refractivity contribution in [2.75, 3.05) is 0 Å². The Labute approximate surface area is 115 Å². The Morgan fingerprint density at radius 2 is 1.10 bits per heavy atom. The number of amides is 2. The molecular formula is C12H12N6O2. The summed E-state index contributed by atoms with van der Waals surface area (Å²) in [5, 5.41) is 15.7. The van der Waals surface area contributed by atoms with E-state index in [-0.39, 0.29) is 24.7 Å². The van der Waals surface area contributed by atoms with Gasteiger partial charge in [-0.1, -0.05) is 46.6 Å². The fraction of sp³-hybridized carbons (Fsp3) is 0.167. The molecule has 3 rings (SSSR count). The van der Waals surface area contributed by atoms with Gasteiger partial charge in [0.2, 0.25) is 0 Å². The molecule has 0 saturated carbocycles. The van der Waals surface area contributed by atoms with E-state index < -0.39 is 0 Å². The van der Waals surface area contributed by atoms with Crippen molar-refractivity contribution in [2.45, 2.75) is 12.8 Å². The molecule has 0 aromatic heterocycles. The summed E-state index contributed by atoms with van der Waals surface area (Å²) in [6.45, 7) is 0. The van der Waals surface area contributed by atoms with Crippen LogP contribution < -0.4 is 0 Å². The molecule has 20 heavy (non-hydrogen) atoms. The van der Waals surface area contributed by atoms with Gasteiger partial charge in [-0.05, 0) is 10.4 Å². The van der Waals surface area contributed by atoms with Crippen molar-refractivity contribution < 1.29 is 9.59 Å². The van der Waals surface area contributed by atoms with Crippen molar-refractivity contribution in [3.8, 4) is 0 Å². The number of carbonyl (C=O) groups is 2. The zero-order valence-electron chi connectivity index (χ0n) is 10.5. The number of hydrogen-bond donors (Lipinski definition) is 0. The Morgan fingerprint density at radius 3 is 1.35 bits per heavy atom. The van der Waals surface area contributed by atoms with Crippen LogP contribution in [0.2, 0.25) is 0 Å². The zero-order valence-corrected chi connectivity index (χ0v) is 10.5. The summed E-state index contributed by atoms with van der Waals surface area (Å²) in [6.07, 6.45) is 3.24. The van der Waals surface area contributed by atoms with E-state index >= 15 is 0 Å². The lowest BCUT2D eigenvalue weighted by molar-refractivity contribution is -0.132. The highest BCUT2D eigenvalue weighted by Crippen LogP contribution is 2.07. The van der Waals surface area contributed by atoms with Crippen molar-refractivity contribution in [3.63, 3.8) is 0 Å². The third kappa shape index (κ3) is 3.80. The Morgan fingerprint density at radius 1 is 0.750 bits per heavy atom. The van der Waals surface area contributed by atoms with Gasteiger partial charge in [-0.25, -0.2) is 0 Å². The summed E-state index contributed by atoms with van der Waals surface area (Å²) < 4.78 is 0. The zero-order chi connectivity index (χ0) is 14.2. The third-order valence-corrected chi connectivity index (χ3v) is 2.24. The molecule has 102 valence electrons. The molecule has 0 bridgehead atoms. The second kappa shape index (κ2) is 6.88. The van der Waals surface area contributed by atoms with Crippen LogP contribution in [-0.2, 0) is 9.59 Å². The molecule has 0 spiro atoms. The lowest BCUT2D eigenvalue weighted by atomic mass is 10.4. The van der Waals surface area contributed by atoms with Crippen LogP contribution in [0.25, 0.3) is 0 Å². The van der Waals surface area contributed by atoms with Gasteiger partial charge in [0.1, 0.15) is 0 Å². The summed E-state index contributed by atoms with van der Waals surface area (Å²) in [6, 6.07) is 12.0. The normalized spacial score (nSPS) is 17.0. The van der Waals surface area contributed by atoms with Crippen LogP contribution in [0, 0.1) is 0 Å². The molecule has 2 heterocycles. The maximum absolute atomic E-state index is 11.0. The smallest absolute Gasteiger partial charge is 0.270 e. The van der Waals surface area contributed by atoms with Crippen LogP contribution in [0.3, 0.4) is 0 Å². The molecule has 0 aliphatic carbocycles. The predicted molar refractivity (Wildman–Crippen MR) is 71.2 cm³/mol. The van der Waals surface area contributed by atoms with Crippen LogP contribution in [0.15, 0.2) is 57.0 Å². The van der Waals surface area contributed by atoms with Crippen molar-refractivity contribution in [3.05, 3.63) is 36.4 Å². The van der Waals surface area contributed by atoms with E-state index in [1.165, 1.54) is 12.4 Å². The number of benzene rings is 1. The minimum absolute atomic E-state index is 0.205. The molecule has 8 heteroatoms. The maximum atomic E-state index is 11.0. The van der Waals surface area contributed by atoms with Crippen LogP contribution >= 0.6 is 0 Å². The molecule has 0 unspecified atom stereocenters. The first-order valence-electron chi connectivity index (χ1n) is 5.90. The minimum Gasteiger partial charge on any atom is -0.270 e. The summed E-state index contributed by atoms with van der Waals surface area (Å²) in [5.41, 5.74) is 0. The van der Waals surface area contributed by atoms with E-state index in [2.05, 4.69) is 20.6 Å². The van der Waals surface area contributed by atoms with E-state index in [4.69, 9.17) is 0 Å². The Kier molecular flexibility index (Phi) is 4.65. The molecule has 0 saturated heterocycles. The molecule has 0 radical (unpaired) electrons. The number of rotatable bonds is 2. The molecule has 2 aliphatic rings. The molecular weight excluding hydrogens is 260 g/mol. The second-order valence-electron chi connectivity index (χ2n) is 3.70. The summed E-state index contributed by atoms with van der Waals surface area (Å²) in [7, 11) is 0. The van der Waals surface area contributed by atoms with E-state index in [9.17, 15) is 9.59 Å². The monoisotopic (exact) mass is 272 g/mol. The molecule has 0 atom stereocenters. The molecule has 2 amide bonds. The standard InChI is InChI=1S/C6H6N6O2.C6H6/c13-5-1-3-7-11(5)9-10-12-6(14)2-4-8-12;1-2-4-6-5-3-1/h3-4H,1-2H2;1-6H. The van der Waals surface area contributed by atoms with Crippen LogP contribution in [0.1, 0.15) is 12.8 Å². The average Bonchev–Trinajstić information content (AvgIpc) is 3.08. The lowest BCUT2D eigenvalue weighted by Gasteiger charge is -2.04. The molecule has 8 nitrogen and oxygen atoms in total. The van der Waals surface area contributed by atoms with Crippen LogP contribution in [-0.4, -0.2) is 34.5 Å². The average molecular weight is 272 g/mol. The highest BCUT2D eigenvalue weighted by Gasteiger charge is 2.19. The Bertz CT molecular complexity index is 494. The first-order chi connectivity index (χ1) is 9.77. The fourth-order valence-corrected chi connectivity index (χ4v) is 1.29. The summed E-state index contributed by atoms with van der Waals surface area (Å²) in [4.78, 5) is 21.9. The Hall–Kier alpha value is -2.90. The van der Waals surface area contributed by atoms with E-state index in [1.54, 1.807) is 0 Å². The quantitative estimate of drug-likeness (QED) is 0.761. The lowest BCUT2D eigenvalue weighted by Crippen LogP contribution is -2.17. The van der Waals surface area contributed by atoms with Gasteiger partial charge < -0.3 is 0 Å². The number of hydrazone groups is 2. The largest absolute Gasteiger partial charge is 0.271 e. The molecule has 0 fully saturated rings. The number of hydrogen-bond acceptors (Lipinski definition) is 6. The van der Waals surface area contributed by atoms with Gasteiger partial charge in [0.25, 0.3) is 11.8 Å². The highest BCUT2D eigenvalue weighted by molar-refractivity contribution is 5.94. The summed E-state index contributed by atoms with van der Waals surface area (Å²) >= 11 is 0. The SMILES string of the molecule is O=C1CC=NN1N=NN1N=CCC1=O.c1ccccc1.